The smallest absolute Gasteiger partial charge is 0.296 e. The van der Waals surface area contributed by atoms with Crippen LogP contribution in [0.25, 0.3) is 6.08 Å². The van der Waals surface area contributed by atoms with Gasteiger partial charge in [0.25, 0.3) is 5.69 Å². The van der Waals surface area contributed by atoms with Crippen molar-refractivity contribution in [1.82, 2.24) is 0 Å². The van der Waals surface area contributed by atoms with Gasteiger partial charge in [0.2, 0.25) is 0 Å². The maximum atomic E-state index is 10.8. The monoisotopic (exact) mass is 206 g/mol. The van der Waals surface area contributed by atoms with Crippen LogP contribution in [0.5, 0.6) is 5.75 Å². The van der Waals surface area contributed by atoms with E-state index < -0.39 is 4.92 Å². The van der Waals surface area contributed by atoms with E-state index in [-0.39, 0.29) is 5.69 Å². The Morgan fingerprint density at radius 2 is 2.33 bits per heavy atom. The van der Waals surface area contributed by atoms with Crippen molar-refractivity contribution in [1.29, 1.82) is 0 Å². The third kappa shape index (κ3) is 1.63. The highest BCUT2D eigenvalue weighted by molar-refractivity contribution is 5.79. The molecule has 1 aliphatic rings. The van der Waals surface area contributed by atoms with Gasteiger partial charge in [-0.05, 0) is 6.07 Å². The predicted octanol–water partition coefficient (Wildman–Crippen LogP) is 2.04. The summed E-state index contributed by atoms with van der Waals surface area (Å²) in [6, 6.07) is 3.19. The minimum Gasteiger partial charge on any atom is -0.496 e. The van der Waals surface area contributed by atoms with E-state index in [1.165, 1.54) is 13.2 Å². The standard InChI is InChI=1S/C10H10N2O3/c1-15-8-5-7-3-2-4-11-10(7)9(6-8)12(13)14/h2-3,5-6,11H,4H2,1H3. The number of rotatable bonds is 2. The van der Waals surface area contributed by atoms with Crippen molar-refractivity contribution in [3.05, 3.63) is 33.9 Å². The molecule has 0 fully saturated rings. The van der Waals surface area contributed by atoms with Gasteiger partial charge in [-0.2, -0.15) is 0 Å². The lowest BCUT2D eigenvalue weighted by atomic mass is 10.1. The first-order valence-electron chi connectivity index (χ1n) is 4.49. The van der Waals surface area contributed by atoms with E-state index in [0.717, 1.165) is 5.56 Å². The van der Waals surface area contributed by atoms with Crippen LogP contribution in [0.2, 0.25) is 0 Å². The number of benzene rings is 1. The Bertz CT molecular complexity index is 441. The predicted molar refractivity (Wildman–Crippen MR) is 57.2 cm³/mol. The number of methoxy groups -OCH3 is 1. The molecule has 1 N–H and O–H groups in total. The Morgan fingerprint density at radius 1 is 1.53 bits per heavy atom. The second-order valence-corrected chi connectivity index (χ2v) is 3.15. The van der Waals surface area contributed by atoms with Crippen LogP contribution >= 0.6 is 0 Å². The van der Waals surface area contributed by atoms with Crippen LogP contribution in [0.1, 0.15) is 5.56 Å². The van der Waals surface area contributed by atoms with Crippen LogP contribution in [0, 0.1) is 10.1 Å². The Labute approximate surface area is 86.5 Å². The largest absolute Gasteiger partial charge is 0.496 e. The highest BCUT2D eigenvalue weighted by Gasteiger charge is 2.19. The van der Waals surface area contributed by atoms with Gasteiger partial charge in [0, 0.05) is 12.1 Å². The molecule has 0 aromatic heterocycles. The van der Waals surface area contributed by atoms with Gasteiger partial charge in [-0.1, -0.05) is 12.2 Å². The van der Waals surface area contributed by atoms with Crippen LogP contribution in [0.15, 0.2) is 18.2 Å². The van der Waals surface area contributed by atoms with Gasteiger partial charge in [-0.25, -0.2) is 0 Å². The molecule has 1 aliphatic heterocycles. The minimum atomic E-state index is -0.409. The zero-order chi connectivity index (χ0) is 10.8. The molecule has 0 spiro atoms. The highest BCUT2D eigenvalue weighted by atomic mass is 16.6. The number of nitro groups is 1. The number of nitrogens with one attached hydrogen (secondary N) is 1. The summed E-state index contributed by atoms with van der Waals surface area (Å²) < 4.78 is 5.00. The molecular weight excluding hydrogens is 196 g/mol. The third-order valence-corrected chi connectivity index (χ3v) is 2.25. The number of fused-ring (bicyclic) bond motifs is 1. The zero-order valence-electron chi connectivity index (χ0n) is 8.19. The molecule has 0 radical (unpaired) electrons. The van der Waals surface area contributed by atoms with E-state index in [1.54, 1.807) is 6.07 Å². The average Bonchev–Trinajstić information content (AvgIpc) is 2.27. The van der Waals surface area contributed by atoms with Crippen LogP contribution in [0.4, 0.5) is 11.4 Å². The first-order valence-corrected chi connectivity index (χ1v) is 4.49. The van der Waals surface area contributed by atoms with Gasteiger partial charge in [-0.3, -0.25) is 10.1 Å². The fourth-order valence-electron chi connectivity index (χ4n) is 1.55. The van der Waals surface area contributed by atoms with Crippen LogP contribution < -0.4 is 10.1 Å². The number of anilines is 1. The number of hydrogen-bond donors (Lipinski definition) is 1. The lowest BCUT2D eigenvalue weighted by Crippen LogP contribution is -2.07. The maximum absolute atomic E-state index is 10.8. The number of nitro benzene ring substituents is 1. The molecular formula is C10H10N2O3. The van der Waals surface area contributed by atoms with Crippen molar-refractivity contribution in [2.24, 2.45) is 0 Å². The minimum absolute atomic E-state index is 0.0497. The quantitative estimate of drug-likeness (QED) is 0.594. The first-order chi connectivity index (χ1) is 7.22. The van der Waals surface area contributed by atoms with Crippen molar-refractivity contribution in [3.8, 4) is 5.75 Å². The van der Waals surface area contributed by atoms with Crippen LogP contribution in [-0.4, -0.2) is 18.6 Å². The Balaban J connectivity index is 2.62. The topological polar surface area (TPSA) is 64.4 Å². The average molecular weight is 206 g/mol. The molecule has 5 nitrogen and oxygen atoms in total. The van der Waals surface area contributed by atoms with Crippen molar-refractivity contribution in [3.63, 3.8) is 0 Å². The molecule has 2 rings (SSSR count). The Kier molecular flexibility index (Phi) is 2.29. The number of hydrogen-bond acceptors (Lipinski definition) is 4. The normalized spacial score (nSPS) is 12.9. The van der Waals surface area contributed by atoms with Gasteiger partial charge in [0.05, 0.1) is 18.1 Å². The van der Waals surface area contributed by atoms with E-state index in [4.69, 9.17) is 4.74 Å². The van der Waals surface area contributed by atoms with Crippen molar-refractivity contribution >= 4 is 17.5 Å². The lowest BCUT2D eigenvalue weighted by molar-refractivity contribution is -0.384. The maximum Gasteiger partial charge on any atom is 0.296 e. The van der Waals surface area contributed by atoms with E-state index in [2.05, 4.69) is 5.32 Å². The lowest BCUT2D eigenvalue weighted by Gasteiger charge is -2.14. The molecule has 0 unspecified atom stereocenters. The fourth-order valence-corrected chi connectivity index (χ4v) is 1.55. The number of nitrogens with zero attached hydrogens (tertiary/aromatic N) is 1. The molecule has 1 heterocycles. The SMILES string of the molecule is COc1cc2c(c([N+](=O)[O-])c1)NCC=C2. The van der Waals surface area contributed by atoms with Gasteiger partial charge in [-0.15, -0.1) is 0 Å². The summed E-state index contributed by atoms with van der Waals surface area (Å²) in [5, 5.41) is 13.8. The van der Waals surface area contributed by atoms with Crippen molar-refractivity contribution in [2.75, 3.05) is 19.0 Å². The van der Waals surface area contributed by atoms with Crippen molar-refractivity contribution in [2.45, 2.75) is 0 Å². The summed E-state index contributed by atoms with van der Waals surface area (Å²) in [6.07, 6.45) is 3.76. The summed E-state index contributed by atoms with van der Waals surface area (Å²) in [6.45, 7) is 0.611. The van der Waals surface area contributed by atoms with E-state index in [9.17, 15) is 10.1 Å². The molecule has 0 bridgehead atoms. The Morgan fingerprint density at radius 3 is 3.00 bits per heavy atom. The summed E-state index contributed by atoms with van der Waals surface area (Å²) in [7, 11) is 1.49. The van der Waals surface area contributed by atoms with Crippen LogP contribution in [0.3, 0.4) is 0 Å². The second-order valence-electron chi connectivity index (χ2n) is 3.15. The van der Waals surface area contributed by atoms with Gasteiger partial charge in [0.15, 0.2) is 0 Å². The van der Waals surface area contributed by atoms with Gasteiger partial charge in [0.1, 0.15) is 11.4 Å². The summed E-state index contributed by atoms with van der Waals surface area (Å²) in [5.74, 6) is 0.494. The summed E-state index contributed by atoms with van der Waals surface area (Å²) >= 11 is 0. The van der Waals surface area contributed by atoms with E-state index in [0.29, 0.717) is 18.0 Å². The third-order valence-electron chi connectivity index (χ3n) is 2.25. The van der Waals surface area contributed by atoms with E-state index >= 15 is 0 Å². The highest BCUT2D eigenvalue weighted by Crippen LogP contribution is 2.35. The molecule has 0 saturated heterocycles. The summed E-state index contributed by atoms with van der Waals surface area (Å²) in [5.41, 5.74) is 1.39. The van der Waals surface area contributed by atoms with Gasteiger partial charge < -0.3 is 10.1 Å². The zero-order valence-corrected chi connectivity index (χ0v) is 8.19. The van der Waals surface area contributed by atoms with Gasteiger partial charge >= 0.3 is 0 Å². The molecule has 1 aromatic rings. The molecule has 0 saturated carbocycles. The molecule has 0 aliphatic carbocycles. The van der Waals surface area contributed by atoms with Crippen LogP contribution in [-0.2, 0) is 0 Å². The first kappa shape index (κ1) is 9.51. The molecule has 1 aromatic carbocycles. The molecule has 0 amide bonds. The molecule has 5 heteroatoms. The van der Waals surface area contributed by atoms with E-state index in [1.807, 2.05) is 12.2 Å². The fraction of sp³-hybridized carbons (Fsp3) is 0.200. The number of ether oxygens (including phenoxy) is 1. The molecule has 78 valence electrons. The summed E-state index contributed by atoms with van der Waals surface area (Å²) in [4.78, 5) is 10.4. The second kappa shape index (κ2) is 3.61. The Hall–Kier alpha value is -2.04. The molecule has 15 heavy (non-hydrogen) atoms. The molecule has 0 atom stereocenters. The van der Waals surface area contributed by atoms with Crippen molar-refractivity contribution < 1.29 is 9.66 Å².